The van der Waals surface area contributed by atoms with Gasteiger partial charge in [-0.1, -0.05) is 13.8 Å². The molecule has 0 heterocycles. The van der Waals surface area contributed by atoms with E-state index in [4.69, 9.17) is 0 Å². The third-order valence-corrected chi connectivity index (χ3v) is 2.94. The van der Waals surface area contributed by atoms with E-state index in [1.54, 1.807) is 20.8 Å². The maximum absolute atomic E-state index is 11.7. The number of carbonyl (C=O) groups excluding carboxylic acids is 1. The highest BCUT2D eigenvalue weighted by Crippen LogP contribution is 2.15. The number of hydrogen-bond acceptors (Lipinski definition) is 2. The van der Waals surface area contributed by atoms with Crippen LogP contribution >= 0.6 is 0 Å². The van der Waals surface area contributed by atoms with E-state index < -0.39 is 5.54 Å². The number of carbonyl (C=O) groups is 1. The molecule has 1 amide bonds. The second-order valence-electron chi connectivity index (χ2n) is 6.13. The highest BCUT2D eigenvalue weighted by Gasteiger charge is 2.28. The van der Waals surface area contributed by atoms with Crippen LogP contribution in [0.2, 0.25) is 0 Å². The molecule has 1 radical (unpaired) electrons. The van der Waals surface area contributed by atoms with Crippen molar-refractivity contribution in [3.63, 3.8) is 0 Å². The van der Waals surface area contributed by atoms with Crippen molar-refractivity contribution in [2.24, 2.45) is 5.92 Å². The van der Waals surface area contributed by atoms with Gasteiger partial charge in [0.05, 0.1) is 0 Å². The summed E-state index contributed by atoms with van der Waals surface area (Å²) in [5.74, 6) is 0.106. The van der Waals surface area contributed by atoms with Crippen LogP contribution in [0.15, 0.2) is 0 Å². The molecule has 0 aromatic heterocycles. The van der Waals surface area contributed by atoms with Gasteiger partial charge in [0.2, 0.25) is 5.91 Å². The van der Waals surface area contributed by atoms with Crippen LogP contribution in [0.5, 0.6) is 0 Å². The summed E-state index contributed by atoms with van der Waals surface area (Å²) in [5.41, 5.74) is -0.810. The standard InChI is InChI=1S/C12H25N2O2/c1-9(2)12(6,7)13-10(15)8-14(16)11(3,4)5/h9H,8H2,1-7H3,(H,13,15). The summed E-state index contributed by atoms with van der Waals surface area (Å²) in [5, 5.41) is 15.3. The van der Waals surface area contributed by atoms with Crippen molar-refractivity contribution in [3.05, 3.63) is 0 Å². The van der Waals surface area contributed by atoms with Gasteiger partial charge in [0.1, 0.15) is 6.54 Å². The third kappa shape index (κ3) is 4.94. The Morgan fingerprint density at radius 1 is 1.19 bits per heavy atom. The first-order valence-corrected chi connectivity index (χ1v) is 5.72. The van der Waals surface area contributed by atoms with Gasteiger partial charge in [0.15, 0.2) is 0 Å². The largest absolute Gasteiger partial charge is 0.350 e. The summed E-state index contributed by atoms with van der Waals surface area (Å²) in [6, 6.07) is 0. The van der Waals surface area contributed by atoms with Crippen molar-refractivity contribution >= 4 is 5.91 Å². The van der Waals surface area contributed by atoms with Crippen LogP contribution in [0.4, 0.5) is 0 Å². The third-order valence-electron chi connectivity index (χ3n) is 2.94. The molecule has 0 fully saturated rings. The first-order valence-electron chi connectivity index (χ1n) is 5.72. The highest BCUT2D eigenvalue weighted by molar-refractivity contribution is 5.78. The summed E-state index contributed by atoms with van der Waals surface area (Å²) in [6.07, 6.45) is 0. The monoisotopic (exact) mass is 229 g/mol. The number of hydrogen-bond donors (Lipinski definition) is 1. The fraction of sp³-hybridized carbons (Fsp3) is 0.917. The van der Waals surface area contributed by atoms with Gasteiger partial charge in [-0.25, -0.2) is 0 Å². The molecule has 4 heteroatoms. The number of amides is 1. The van der Waals surface area contributed by atoms with Gasteiger partial charge in [-0.3, -0.25) is 4.79 Å². The first-order chi connectivity index (χ1) is 6.97. The van der Waals surface area contributed by atoms with Crippen LogP contribution in [-0.4, -0.2) is 28.6 Å². The average Bonchev–Trinajstić information content (AvgIpc) is 2.00. The molecular weight excluding hydrogens is 204 g/mol. The van der Waals surface area contributed by atoms with Gasteiger partial charge < -0.3 is 5.32 Å². The van der Waals surface area contributed by atoms with Crippen LogP contribution in [0, 0.1) is 5.92 Å². The molecule has 0 aliphatic carbocycles. The summed E-state index contributed by atoms with van der Waals surface area (Å²) in [7, 11) is 0. The van der Waals surface area contributed by atoms with Crippen molar-refractivity contribution in [1.82, 2.24) is 10.4 Å². The maximum atomic E-state index is 11.7. The Labute approximate surface area is 99.0 Å². The summed E-state index contributed by atoms with van der Waals surface area (Å²) in [4.78, 5) is 11.7. The SMILES string of the molecule is CC(C)C(C)(C)NC(=O)CN([O])C(C)(C)C. The van der Waals surface area contributed by atoms with Crippen LogP contribution in [-0.2, 0) is 10.0 Å². The number of hydroxylamine groups is 2. The normalized spacial score (nSPS) is 13.4. The molecule has 0 atom stereocenters. The Morgan fingerprint density at radius 3 is 1.94 bits per heavy atom. The Kier molecular flexibility index (Phi) is 4.95. The molecule has 0 unspecified atom stereocenters. The molecule has 0 aliphatic rings. The summed E-state index contributed by atoms with van der Waals surface area (Å²) in [6.45, 7) is 13.3. The van der Waals surface area contributed by atoms with Crippen molar-refractivity contribution < 1.29 is 10.0 Å². The minimum atomic E-state index is -0.528. The van der Waals surface area contributed by atoms with E-state index in [1.807, 2.05) is 27.7 Å². The van der Waals surface area contributed by atoms with Crippen molar-refractivity contribution in [1.29, 1.82) is 0 Å². The summed E-state index contributed by atoms with van der Waals surface area (Å²) >= 11 is 0. The number of nitrogens with one attached hydrogen (secondary N) is 1. The van der Waals surface area contributed by atoms with Gasteiger partial charge in [-0.2, -0.15) is 0 Å². The zero-order valence-electron chi connectivity index (χ0n) is 11.5. The quantitative estimate of drug-likeness (QED) is 0.749. The molecule has 16 heavy (non-hydrogen) atoms. The molecule has 95 valence electrons. The van der Waals surface area contributed by atoms with Gasteiger partial charge in [-0.15, -0.1) is 10.3 Å². The van der Waals surface area contributed by atoms with Crippen LogP contribution in [0.25, 0.3) is 0 Å². The van der Waals surface area contributed by atoms with E-state index >= 15 is 0 Å². The zero-order chi connectivity index (χ0) is 13.1. The van der Waals surface area contributed by atoms with Gasteiger partial charge in [0, 0.05) is 11.1 Å². The fourth-order valence-corrected chi connectivity index (χ4v) is 0.911. The van der Waals surface area contributed by atoms with E-state index in [9.17, 15) is 10.0 Å². The Bertz CT molecular complexity index is 242. The van der Waals surface area contributed by atoms with E-state index in [0.29, 0.717) is 5.92 Å². The Balaban J connectivity index is 4.30. The highest BCUT2D eigenvalue weighted by atomic mass is 16.5. The van der Waals surface area contributed by atoms with Crippen LogP contribution < -0.4 is 5.32 Å². The number of rotatable bonds is 4. The summed E-state index contributed by atoms with van der Waals surface area (Å²) < 4.78 is 0. The number of nitrogens with zero attached hydrogens (tertiary/aromatic N) is 1. The van der Waals surface area contributed by atoms with Gasteiger partial charge >= 0.3 is 0 Å². The molecule has 0 aromatic carbocycles. The molecule has 4 nitrogen and oxygen atoms in total. The van der Waals surface area contributed by atoms with E-state index in [2.05, 4.69) is 5.32 Å². The lowest BCUT2D eigenvalue weighted by Crippen LogP contribution is -2.52. The predicted molar refractivity (Wildman–Crippen MR) is 64.2 cm³/mol. The second-order valence-corrected chi connectivity index (χ2v) is 6.13. The van der Waals surface area contributed by atoms with Crippen LogP contribution in [0.1, 0.15) is 48.5 Å². The van der Waals surface area contributed by atoms with E-state index in [-0.39, 0.29) is 18.0 Å². The molecule has 0 saturated heterocycles. The van der Waals surface area contributed by atoms with E-state index in [1.165, 1.54) is 0 Å². The van der Waals surface area contributed by atoms with Crippen molar-refractivity contribution in [2.45, 2.75) is 59.5 Å². The van der Waals surface area contributed by atoms with Crippen molar-refractivity contribution in [2.75, 3.05) is 6.54 Å². The minimum absolute atomic E-state index is 0.111. The molecule has 0 aromatic rings. The molecule has 0 saturated carbocycles. The average molecular weight is 229 g/mol. The van der Waals surface area contributed by atoms with E-state index in [0.717, 1.165) is 5.06 Å². The molecule has 0 bridgehead atoms. The van der Waals surface area contributed by atoms with Crippen LogP contribution in [0.3, 0.4) is 0 Å². The maximum Gasteiger partial charge on any atom is 0.237 e. The molecule has 1 N–H and O–H groups in total. The van der Waals surface area contributed by atoms with Gasteiger partial charge in [-0.05, 0) is 40.5 Å². The first kappa shape index (κ1) is 15.4. The molecule has 0 aliphatic heterocycles. The Morgan fingerprint density at radius 2 is 1.62 bits per heavy atom. The topological polar surface area (TPSA) is 52.2 Å². The lowest BCUT2D eigenvalue weighted by molar-refractivity contribution is -0.211. The minimum Gasteiger partial charge on any atom is -0.350 e. The fourth-order valence-electron chi connectivity index (χ4n) is 0.911. The molecular formula is C12H25N2O2. The Hall–Kier alpha value is -0.610. The van der Waals surface area contributed by atoms with Gasteiger partial charge in [0.25, 0.3) is 0 Å². The smallest absolute Gasteiger partial charge is 0.237 e. The molecule has 0 spiro atoms. The van der Waals surface area contributed by atoms with Crippen molar-refractivity contribution in [3.8, 4) is 0 Å². The molecule has 0 rings (SSSR count). The predicted octanol–water partition coefficient (Wildman–Crippen LogP) is 1.98. The lowest BCUT2D eigenvalue weighted by atomic mass is 9.91. The second kappa shape index (κ2) is 5.15. The zero-order valence-corrected chi connectivity index (χ0v) is 11.5. The lowest BCUT2D eigenvalue weighted by Gasteiger charge is -2.32.